The number of hydrogen-bond acceptors (Lipinski definition) is 3. The summed E-state index contributed by atoms with van der Waals surface area (Å²) in [6, 6.07) is 9.07. The van der Waals surface area contributed by atoms with Gasteiger partial charge in [-0.05, 0) is 18.6 Å². The maximum Gasteiger partial charge on any atom is 0.315 e. The molecule has 0 aromatic heterocycles. The molecule has 0 aliphatic carbocycles. The fourth-order valence-electron chi connectivity index (χ4n) is 1.37. The first-order chi connectivity index (χ1) is 7.27. The Kier molecular flexibility index (Phi) is 4.84. The third kappa shape index (κ3) is 3.72. The van der Waals surface area contributed by atoms with Crippen molar-refractivity contribution in [2.75, 3.05) is 6.54 Å². The molecular weight excluding hydrogens is 190 g/mol. The molecule has 3 nitrogen and oxygen atoms in total. The van der Waals surface area contributed by atoms with Gasteiger partial charge in [-0.2, -0.15) is 0 Å². The van der Waals surface area contributed by atoms with Crippen molar-refractivity contribution in [3.05, 3.63) is 30.3 Å². The zero-order chi connectivity index (χ0) is 11.1. The molecule has 0 radical (unpaired) electrons. The molecule has 0 aliphatic rings. The van der Waals surface area contributed by atoms with Gasteiger partial charge in [0.1, 0.15) is 5.75 Å². The van der Waals surface area contributed by atoms with Crippen LogP contribution >= 0.6 is 0 Å². The molecule has 0 saturated carbocycles. The van der Waals surface area contributed by atoms with Gasteiger partial charge in [0.05, 0.1) is 5.92 Å². The van der Waals surface area contributed by atoms with Crippen molar-refractivity contribution in [3.8, 4) is 5.75 Å². The maximum absolute atomic E-state index is 11.6. The fraction of sp³-hybridized carbons (Fsp3) is 0.417. The summed E-state index contributed by atoms with van der Waals surface area (Å²) in [5.41, 5.74) is 5.51. The highest BCUT2D eigenvalue weighted by Crippen LogP contribution is 2.13. The van der Waals surface area contributed by atoms with E-state index in [1.54, 1.807) is 12.1 Å². The van der Waals surface area contributed by atoms with E-state index in [9.17, 15) is 4.79 Å². The Morgan fingerprint density at radius 1 is 1.40 bits per heavy atom. The van der Waals surface area contributed by atoms with Crippen molar-refractivity contribution in [2.45, 2.75) is 19.8 Å². The van der Waals surface area contributed by atoms with E-state index in [1.165, 1.54) is 0 Å². The van der Waals surface area contributed by atoms with E-state index >= 15 is 0 Å². The molecular formula is C12H17NO2. The number of para-hydroxylation sites is 1. The van der Waals surface area contributed by atoms with Crippen LogP contribution in [0.3, 0.4) is 0 Å². The Hall–Kier alpha value is -1.35. The smallest absolute Gasteiger partial charge is 0.315 e. The monoisotopic (exact) mass is 207 g/mol. The highest BCUT2D eigenvalue weighted by molar-refractivity contribution is 5.75. The summed E-state index contributed by atoms with van der Waals surface area (Å²) < 4.78 is 5.20. The van der Waals surface area contributed by atoms with Gasteiger partial charge < -0.3 is 10.5 Å². The van der Waals surface area contributed by atoms with Crippen molar-refractivity contribution < 1.29 is 9.53 Å². The van der Waals surface area contributed by atoms with Gasteiger partial charge in [-0.3, -0.25) is 4.79 Å². The van der Waals surface area contributed by atoms with E-state index in [0.717, 1.165) is 12.8 Å². The van der Waals surface area contributed by atoms with Crippen molar-refractivity contribution in [2.24, 2.45) is 11.7 Å². The average Bonchev–Trinajstić information content (AvgIpc) is 2.27. The van der Waals surface area contributed by atoms with Crippen LogP contribution in [0.25, 0.3) is 0 Å². The van der Waals surface area contributed by atoms with E-state index in [1.807, 2.05) is 25.1 Å². The molecule has 0 bridgehead atoms. The lowest BCUT2D eigenvalue weighted by molar-refractivity contribution is -0.138. The third-order valence-electron chi connectivity index (χ3n) is 2.22. The number of carbonyl (C=O) groups is 1. The largest absolute Gasteiger partial charge is 0.426 e. The van der Waals surface area contributed by atoms with E-state index in [2.05, 4.69) is 0 Å². The Labute approximate surface area is 90.2 Å². The molecule has 0 saturated heterocycles. The molecule has 1 rings (SSSR count). The van der Waals surface area contributed by atoms with Gasteiger partial charge in [0.25, 0.3) is 0 Å². The second kappa shape index (κ2) is 6.19. The Balaban J connectivity index is 2.54. The predicted molar refractivity (Wildman–Crippen MR) is 59.5 cm³/mol. The number of carbonyl (C=O) groups excluding carboxylic acids is 1. The van der Waals surface area contributed by atoms with Crippen LogP contribution in [0, 0.1) is 5.92 Å². The highest BCUT2D eigenvalue weighted by Gasteiger charge is 2.17. The molecule has 0 amide bonds. The van der Waals surface area contributed by atoms with Gasteiger partial charge in [-0.15, -0.1) is 0 Å². The predicted octanol–water partition coefficient (Wildman–Crippen LogP) is 1.97. The first-order valence-corrected chi connectivity index (χ1v) is 5.24. The van der Waals surface area contributed by atoms with Gasteiger partial charge in [0.2, 0.25) is 0 Å². The standard InChI is InChI=1S/C12H17NO2/c1-2-6-10(9-13)12(14)15-11-7-4-3-5-8-11/h3-5,7-8,10H,2,6,9,13H2,1H3. The van der Waals surface area contributed by atoms with E-state index in [0.29, 0.717) is 12.3 Å². The molecule has 1 aromatic carbocycles. The minimum atomic E-state index is -0.231. The summed E-state index contributed by atoms with van der Waals surface area (Å²) in [6.07, 6.45) is 1.72. The lowest BCUT2D eigenvalue weighted by Gasteiger charge is -2.12. The Bertz CT molecular complexity index is 298. The number of hydrogen-bond donors (Lipinski definition) is 1. The molecule has 2 N–H and O–H groups in total. The molecule has 0 aliphatic heterocycles. The zero-order valence-corrected chi connectivity index (χ0v) is 8.98. The first-order valence-electron chi connectivity index (χ1n) is 5.24. The van der Waals surface area contributed by atoms with Gasteiger partial charge in [0.15, 0.2) is 0 Å². The summed E-state index contributed by atoms with van der Waals surface area (Å²) in [6.45, 7) is 2.37. The minimum absolute atomic E-state index is 0.185. The van der Waals surface area contributed by atoms with Gasteiger partial charge >= 0.3 is 5.97 Å². The molecule has 0 fully saturated rings. The van der Waals surface area contributed by atoms with Crippen molar-refractivity contribution in [1.29, 1.82) is 0 Å². The lowest BCUT2D eigenvalue weighted by Crippen LogP contribution is -2.27. The summed E-state index contributed by atoms with van der Waals surface area (Å²) in [5, 5.41) is 0. The lowest BCUT2D eigenvalue weighted by atomic mass is 10.0. The molecule has 82 valence electrons. The molecule has 0 heterocycles. The van der Waals surface area contributed by atoms with Crippen LogP contribution in [-0.4, -0.2) is 12.5 Å². The molecule has 1 aromatic rings. The van der Waals surface area contributed by atoms with Gasteiger partial charge in [-0.25, -0.2) is 0 Å². The molecule has 0 spiro atoms. The molecule has 1 atom stereocenters. The fourth-order valence-corrected chi connectivity index (χ4v) is 1.37. The van der Waals surface area contributed by atoms with Crippen LogP contribution in [0.1, 0.15) is 19.8 Å². The second-order valence-corrected chi connectivity index (χ2v) is 3.46. The normalized spacial score (nSPS) is 12.1. The third-order valence-corrected chi connectivity index (χ3v) is 2.22. The Morgan fingerprint density at radius 2 is 2.07 bits per heavy atom. The summed E-state index contributed by atoms with van der Waals surface area (Å²) in [4.78, 5) is 11.6. The van der Waals surface area contributed by atoms with Crippen LogP contribution in [0.4, 0.5) is 0 Å². The van der Waals surface area contributed by atoms with Crippen LogP contribution < -0.4 is 10.5 Å². The SMILES string of the molecule is CCCC(CN)C(=O)Oc1ccccc1. The Morgan fingerprint density at radius 3 is 2.60 bits per heavy atom. The molecule has 3 heteroatoms. The highest BCUT2D eigenvalue weighted by atomic mass is 16.5. The van der Waals surface area contributed by atoms with Gasteiger partial charge in [0, 0.05) is 6.54 Å². The summed E-state index contributed by atoms with van der Waals surface area (Å²) in [7, 11) is 0. The quantitative estimate of drug-likeness (QED) is 0.593. The number of ether oxygens (including phenoxy) is 1. The molecule has 1 unspecified atom stereocenters. The van der Waals surface area contributed by atoms with Crippen LogP contribution in [0.2, 0.25) is 0 Å². The summed E-state index contributed by atoms with van der Waals surface area (Å²) >= 11 is 0. The van der Waals surface area contributed by atoms with E-state index in [4.69, 9.17) is 10.5 Å². The number of benzene rings is 1. The topological polar surface area (TPSA) is 52.3 Å². The van der Waals surface area contributed by atoms with Crippen LogP contribution in [-0.2, 0) is 4.79 Å². The number of esters is 1. The number of nitrogens with two attached hydrogens (primary N) is 1. The van der Waals surface area contributed by atoms with Crippen molar-refractivity contribution in [1.82, 2.24) is 0 Å². The van der Waals surface area contributed by atoms with Crippen LogP contribution in [0.15, 0.2) is 30.3 Å². The van der Waals surface area contributed by atoms with Gasteiger partial charge in [-0.1, -0.05) is 31.5 Å². The minimum Gasteiger partial charge on any atom is -0.426 e. The summed E-state index contributed by atoms with van der Waals surface area (Å²) in [5.74, 6) is 0.165. The van der Waals surface area contributed by atoms with E-state index in [-0.39, 0.29) is 11.9 Å². The van der Waals surface area contributed by atoms with Crippen LogP contribution in [0.5, 0.6) is 5.75 Å². The van der Waals surface area contributed by atoms with Crippen molar-refractivity contribution >= 4 is 5.97 Å². The maximum atomic E-state index is 11.6. The average molecular weight is 207 g/mol. The second-order valence-electron chi connectivity index (χ2n) is 3.46. The van der Waals surface area contributed by atoms with E-state index < -0.39 is 0 Å². The first kappa shape index (κ1) is 11.7. The number of rotatable bonds is 5. The van der Waals surface area contributed by atoms with Crippen molar-refractivity contribution in [3.63, 3.8) is 0 Å². The molecule has 15 heavy (non-hydrogen) atoms. The zero-order valence-electron chi connectivity index (χ0n) is 8.98.